The van der Waals surface area contributed by atoms with Crippen molar-refractivity contribution in [1.82, 2.24) is 19.8 Å². The number of H-pyrrole nitrogens is 1. The van der Waals surface area contributed by atoms with E-state index in [0.717, 1.165) is 6.07 Å². The van der Waals surface area contributed by atoms with Crippen LogP contribution in [0.25, 0.3) is 11.0 Å². The lowest BCUT2D eigenvalue weighted by molar-refractivity contribution is -0.230. The summed E-state index contributed by atoms with van der Waals surface area (Å²) in [6.07, 6.45) is -6.00. The summed E-state index contributed by atoms with van der Waals surface area (Å²) in [7, 11) is -3.64. The Morgan fingerprint density at radius 3 is 2.47 bits per heavy atom. The minimum absolute atomic E-state index is 0.0534. The second kappa shape index (κ2) is 11.8. The van der Waals surface area contributed by atoms with E-state index in [-0.39, 0.29) is 29.8 Å². The van der Waals surface area contributed by atoms with Gasteiger partial charge in [-0.05, 0) is 48.1 Å². The van der Waals surface area contributed by atoms with Crippen LogP contribution in [0.15, 0.2) is 72.8 Å². The van der Waals surface area contributed by atoms with Crippen molar-refractivity contribution < 1.29 is 41.1 Å². The monoisotopic (exact) mass is 637 g/mol. The highest BCUT2D eigenvalue weighted by atomic mass is 32.3. The van der Waals surface area contributed by atoms with Gasteiger partial charge in [0, 0.05) is 17.7 Å². The second-order valence-electron chi connectivity index (χ2n) is 9.52. The number of halogens is 4. The lowest BCUT2D eigenvalue weighted by Gasteiger charge is -2.33. The van der Waals surface area contributed by atoms with Gasteiger partial charge in [0.1, 0.15) is 22.9 Å². The lowest BCUT2D eigenvalue weighted by Crippen LogP contribution is -2.43. The van der Waals surface area contributed by atoms with Crippen LogP contribution in [-0.2, 0) is 20.8 Å². The highest BCUT2D eigenvalue weighted by Crippen LogP contribution is 2.56. The number of imidazole rings is 1. The summed E-state index contributed by atoms with van der Waals surface area (Å²) in [6.45, 7) is 0. The molecule has 16 heteroatoms. The predicted molar refractivity (Wildman–Crippen MR) is 154 cm³/mol. The van der Waals surface area contributed by atoms with Crippen LogP contribution in [0.5, 0.6) is 0 Å². The minimum atomic E-state index is -5.37. The molecule has 5 N–H and O–H groups in total. The molecule has 4 aromatic rings. The Kier molecular flexibility index (Phi) is 8.29. The van der Waals surface area contributed by atoms with Crippen molar-refractivity contribution in [2.24, 2.45) is 0 Å². The molecule has 1 aliphatic heterocycles. The molecule has 2 heterocycles. The van der Waals surface area contributed by atoms with E-state index in [9.17, 15) is 31.9 Å². The standard InChI is InChI=1S/C27H23F4N5O5S2/c28-18-12-15(10-11-17(18)22-14-23(37)35-43(22,39)40)13-21(24-33-19-8-4-5-9-20(19)34-24)36(41-25(38)27(29,30)31)26(42)32-16-6-2-1-3-7-16/h1-12,21-22,39-40H,13-14H2,(H,32,42)(H,33,34)(H,35,37). The van der Waals surface area contributed by atoms with E-state index in [4.69, 9.17) is 17.1 Å². The fraction of sp³-hybridized carbons (Fsp3) is 0.185. The quantitative estimate of drug-likeness (QED) is 0.0989. The van der Waals surface area contributed by atoms with Crippen LogP contribution >= 0.6 is 23.0 Å². The van der Waals surface area contributed by atoms with Gasteiger partial charge in [-0.15, -0.1) is 10.8 Å². The van der Waals surface area contributed by atoms with Gasteiger partial charge in [0.25, 0.3) is 0 Å². The van der Waals surface area contributed by atoms with Crippen LogP contribution in [0.4, 0.5) is 23.2 Å². The maximum Gasteiger partial charge on any atom is 0.493 e. The number of aromatic amines is 1. The highest BCUT2D eigenvalue weighted by Gasteiger charge is 2.45. The molecule has 5 rings (SSSR count). The average molecular weight is 638 g/mol. The number of carbonyl (C=O) groups excluding carboxylic acids is 2. The first-order valence-electron chi connectivity index (χ1n) is 12.6. The number of para-hydroxylation sites is 3. The Morgan fingerprint density at radius 2 is 1.84 bits per heavy atom. The van der Waals surface area contributed by atoms with Gasteiger partial charge in [-0.25, -0.2) is 14.2 Å². The van der Waals surface area contributed by atoms with Gasteiger partial charge >= 0.3 is 12.1 Å². The number of aromatic nitrogens is 2. The Bertz CT molecular complexity index is 1650. The molecule has 10 nitrogen and oxygen atoms in total. The third kappa shape index (κ3) is 6.72. The molecule has 0 spiro atoms. The Labute approximate surface area is 248 Å². The largest absolute Gasteiger partial charge is 0.493 e. The molecule has 226 valence electrons. The van der Waals surface area contributed by atoms with Gasteiger partial charge in [-0.3, -0.25) is 18.6 Å². The molecule has 2 unspecified atom stereocenters. The molecule has 0 bridgehead atoms. The SMILES string of the molecule is O=C1CC(c2ccc(CC(c3nc4ccccc4[nH]3)N(OC(=O)C(F)(F)F)C(=S)Nc3ccccc3)cc2F)S(O)(O)N1. The van der Waals surface area contributed by atoms with E-state index >= 15 is 4.39 Å². The summed E-state index contributed by atoms with van der Waals surface area (Å²) in [5, 5.41) is 1.65. The molecule has 1 amide bonds. The van der Waals surface area contributed by atoms with Crippen molar-refractivity contribution in [3.63, 3.8) is 0 Å². The number of hydroxylamine groups is 2. The van der Waals surface area contributed by atoms with Crippen LogP contribution in [0.3, 0.4) is 0 Å². The zero-order valence-corrected chi connectivity index (χ0v) is 23.5. The van der Waals surface area contributed by atoms with E-state index < -0.39 is 51.1 Å². The van der Waals surface area contributed by atoms with Crippen LogP contribution in [0, 0.1) is 5.82 Å². The minimum Gasteiger partial charge on any atom is -0.340 e. The molecular formula is C27H23F4N5O5S2. The molecule has 1 saturated heterocycles. The number of nitrogens with one attached hydrogen (secondary N) is 3. The number of amides is 1. The topological polar surface area (TPSA) is 140 Å². The van der Waals surface area contributed by atoms with Crippen molar-refractivity contribution in [3.8, 4) is 0 Å². The fourth-order valence-electron chi connectivity index (χ4n) is 4.54. The van der Waals surface area contributed by atoms with Crippen molar-refractivity contribution in [1.29, 1.82) is 0 Å². The normalized spacial score (nSPS) is 17.6. The third-order valence-electron chi connectivity index (χ3n) is 6.52. The molecule has 0 aliphatic carbocycles. The first-order chi connectivity index (χ1) is 20.3. The van der Waals surface area contributed by atoms with E-state index in [0.29, 0.717) is 21.8 Å². The zero-order valence-electron chi connectivity index (χ0n) is 21.8. The molecule has 43 heavy (non-hydrogen) atoms. The molecule has 1 fully saturated rings. The van der Waals surface area contributed by atoms with Gasteiger partial charge in [0.05, 0.1) is 17.5 Å². The summed E-state index contributed by atoms with van der Waals surface area (Å²) in [6, 6.07) is 17.3. The molecule has 3 aromatic carbocycles. The number of hydrogen-bond acceptors (Lipinski definition) is 7. The number of alkyl halides is 3. The van der Waals surface area contributed by atoms with Crippen LogP contribution in [0.2, 0.25) is 0 Å². The third-order valence-corrected chi connectivity index (χ3v) is 8.54. The van der Waals surface area contributed by atoms with Crippen molar-refractivity contribution in [3.05, 3.63) is 95.6 Å². The summed E-state index contributed by atoms with van der Waals surface area (Å²) >= 11 is 5.39. The van der Waals surface area contributed by atoms with Gasteiger partial charge in [-0.1, -0.05) is 42.5 Å². The summed E-state index contributed by atoms with van der Waals surface area (Å²) in [5.41, 5.74) is 1.44. The maximum atomic E-state index is 15.3. The number of hydrogen-bond donors (Lipinski definition) is 5. The van der Waals surface area contributed by atoms with Gasteiger partial charge in [0.15, 0.2) is 0 Å². The zero-order chi connectivity index (χ0) is 30.9. The highest BCUT2D eigenvalue weighted by molar-refractivity contribution is 8.23. The Balaban J connectivity index is 1.55. The van der Waals surface area contributed by atoms with Gasteiger partial charge in [0.2, 0.25) is 11.0 Å². The number of rotatable bonds is 6. The van der Waals surface area contributed by atoms with E-state index in [1.165, 1.54) is 12.1 Å². The smallest absolute Gasteiger partial charge is 0.340 e. The molecule has 2 atom stereocenters. The lowest BCUT2D eigenvalue weighted by atomic mass is 10.0. The number of thiocarbonyl (C=S) groups is 1. The summed E-state index contributed by atoms with van der Waals surface area (Å²) < 4.78 is 78.0. The Morgan fingerprint density at radius 1 is 1.14 bits per heavy atom. The molecule has 1 aromatic heterocycles. The number of nitrogens with zero attached hydrogens (tertiary/aromatic N) is 2. The summed E-state index contributed by atoms with van der Waals surface area (Å²) in [5.74, 6) is -4.03. The number of fused-ring (bicyclic) bond motifs is 1. The van der Waals surface area contributed by atoms with Crippen LogP contribution < -0.4 is 10.0 Å². The molecule has 0 radical (unpaired) electrons. The van der Waals surface area contributed by atoms with Crippen LogP contribution in [0.1, 0.15) is 34.7 Å². The van der Waals surface area contributed by atoms with Gasteiger partial charge < -0.3 is 15.1 Å². The van der Waals surface area contributed by atoms with Crippen molar-refractivity contribution in [2.75, 3.05) is 5.32 Å². The molecule has 1 aliphatic rings. The fourth-order valence-corrected chi connectivity index (χ4v) is 6.31. The molecular weight excluding hydrogens is 614 g/mol. The number of benzene rings is 3. The number of carbonyl (C=O) groups is 2. The maximum absolute atomic E-state index is 15.3. The second-order valence-corrected chi connectivity index (χ2v) is 11.9. The predicted octanol–water partition coefficient (Wildman–Crippen LogP) is 5.93. The van der Waals surface area contributed by atoms with Crippen LogP contribution in [-0.4, -0.2) is 47.3 Å². The first-order valence-corrected chi connectivity index (χ1v) is 14.6. The van der Waals surface area contributed by atoms with E-state index in [2.05, 4.69) is 15.3 Å². The van der Waals surface area contributed by atoms with E-state index in [1.807, 2.05) is 4.72 Å². The van der Waals surface area contributed by atoms with Gasteiger partial charge in [-0.2, -0.15) is 18.2 Å². The Hall–Kier alpha value is -4.25. The average Bonchev–Trinajstić information content (AvgIpc) is 3.49. The molecule has 0 saturated carbocycles. The van der Waals surface area contributed by atoms with Crippen molar-refractivity contribution in [2.45, 2.75) is 30.3 Å². The van der Waals surface area contributed by atoms with Crippen molar-refractivity contribution >= 4 is 56.7 Å². The van der Waals surface area contributed by atoms with E-state index in [1.54, 1.807) is 54.6 Å². The number of anilines is 1. The first kappa shape index (κ1) is 30.2. The summed E-state index contributed by atoms with van der Waals surface area (Å²) in [4.78, 5) is 36.1.